The number of ether oxygens (including phenoxy) is 1. The first kappa shape index (κ1) is 15.9. The number of imidazole rings is 1. The molecule has 122 valence electrons. The van der Waals surface area contributed by atoms with Crippen molar-refractivity contribution < 1.29 is 4.74 Å². The van der Waals surface area contributed by atoms with E-state index in [1.54, 1.807) is 30.2 Å². The number of pyridine rings is 1. The molecule has 5 nitrogen and oxygen atoms in total. The first-order chi connectivity index (χ1) is 11.7. The van der Waals surface area contributed by atoms with E-state index in [-0.39, 0.29) is 0 Å². The monoisotopic (exact) mass is 420 g/mol. The Labute approximate surface area is 155 Å². The summed E-state index contributed by atoms with van der Waals surface area (Å²) in [6, 6.07) is 8.29. The molecule has 0 amide bonds. The molecule has 8 heteroatoms. The first-order valence-electron chi connectivity index (χ1n) is 7.17. The minimum absolute atomic E-state index is 0.562. The molecule has 0 N–H and O–H groups in total. The van der Waals surface area contributed by atoms with Crippen molar-refractivity contribution in [3.63, 3.8) is 0 Å². The van der Waals surface area contributed by atoms with Crippen LogP contribution in [-0.2, 0) is 6.54 Å². The van der Waals surface area contributed by atoms with Gasteiger partial charge in [-0.2, -0.15) is 4.98 Å². The Morgan fingerprint density at radius 2 is 2.12 bits per heavy atom. The number of benzene rings is 1. The maximum absolute atomic E-state index is 5.29. The fraction of sp³-hybridized carbons (Fsp3) is 0.188. The van der Waals surface area contributed by atoms with Crippen molar-refractivity contribution in [3.05, 3.63) is 40.6 Å². The second-order valence-electron chi connectivity index (χ2n) is 5.18. The van der Waals surface area contributed by atoms with Crippen LogP contribution >= 0.6 is 39.0 Å². The zero-order chi connectivity index (χ0) is 16.7. The molecule has 0 aliphatic carbocycles. The fourth-order valence-corrected chi connectivity index (χ4v) is 4.56. The number of thiazole rings is 1. The van der Waals surface area contributed by atoms with E-state index in [2.05, 4.69) is 49.1 Å². The summed E-state index contributed by atoms with van der Waals surface area (Å²) in [5.74, 6) is 0.562. The second kappa shape index (κ2) is 6.34. The number of methoxy groups -OCH3 is 1. The molecule has 0 fully saturated rings. The maximum atomic E-state index is 5.29. The number of nitrogens with zero attached hydrogens (tertiary/aromatic N) is 4. The SMILES string of the molecule is COc1nc2c(cc1Br)ncn2Cc1ccc2nc(SC)sc2c1. The van der Waals surface area contributed by atoms with Gasteiger partial charge in [-0.1, -0.05) is 17.8 Å². The van der Waals surface area contributed by atoms with Gasteiger partial charge >= 0.3 is 0 Å². The van der Waals surface area contributed by atoms with Gasteiger partial charge in [0.15, 0.2) is 9.99 Å². The Morgan fingerprint density at radius 3 is 2.92 bits per heavy atom. The molecule has 0 aliphatic rings. The Morgan fingerprint density at radius 1 is 1.25 bits per heavy atom. The lowest BCUT2D eigenvalue weighted by Crippen LogP contribution is -2.00. The zero-order valence-electron chi connectivity index (χ0n) is 13.0. The Kier molecular flexibility index (Phi) is 4.19. The molecule has 0 saturated heterocycles. The van der Waals surface area contributed by atoms with Crippen LogP contribution in [0.2, 0.25) is 0 Å². The molecular weight excluding hydrogens is 408 g/mol. The van der Waals surface area contributed by atoms with Crippen LogP contribution in [0.5, 0.6) is 5.88 Å². The van der Waals surface area contributed by atoms with Crippen LogP contribution in [0.3, 0.4) is 0 Å². The summed E-state index contributed by atoms with van der Waals surface area (Å²) in [5, 5.41) is 0. The molecule has 3 heterocycles. The van der Waals surface area contributed by atoms with Gasteiger partial charge in [-0.3, -0.25) is 0 Å². The van der Waals surface area contributed by atoms with Gasteiger partial charge < -0.3 is 9.30 Å². The predicted octanol–water partition coefficient (Wildman–Crippen LogP) is 4.58. The Bertz CT molecular complexity index is 1040. The summed E-state index contributed by atoms with van der Waals surface area (Å²) >= 11 is 6.84. The molecule has 0 bridgehead atoms. The van der Waals surface area contributed by atoms with E-state index in [1.807, 2.05) is 23.2 Å². The van der Waals surface area contributed by atoms with Gasteiger partial charge in [0.25, 0.3) is 0 Å². The number of hydrogen-bond acceptors (Lipinski definition) is 6. The quantitative estimate of drug-likeness (QED) is 0.452. The molecule has 0 atom stereocenters. The third-order valence-corrected chi connectivity index (χ3v) is 6.24. The van der Waals surface area contributed by atoms with E-state index in [1.165, 1.54) is 10.3 Å². The Hall–Kier alpha value is -1.64. The smallest absolute Gasteiger partial charge is 0.229 e. The van der Waals surface area contributed by atoms with Crippen LogP contribution in [0.1, 0.15) is 5.56 Å². The number of rotatable bonds is 4. The van der Waals surface area contributed by atoms with Crippen molar-refractivity contribution in [2.24, 2.45) is 0 Å². The summed E-state index contributed by atoms with van der Waals surface area (Å²) in [5.41, 5.74) is 3.89. The van der Waals surface area contributed by atoms with Gasteiger partial charge in [-0.25, -0.2) is 9.97 Å². The molecule has 0 aliphatic heterocycles. The van der Waals surface area contributed by atoms with Crippen molar-refractivity contribution in [1.82, 2.24) is 19.5 Å². The summed E-state index contributed by atoms with van der Waals surface area (Å²) in [6.45, 7) is 0.705. The van der Waals surface area contributed by atoms with E-state index in [0.29, 0.717) is 12.4 Å². The second-order valence-corrected chi connectivity index (χ2v) is 8.12. The van der Waals surface area contributed by atoms with Crippen LogP contribution in [0, 0.1) is 0 Å². The lowest BCUT2D eigenvalue weighted by Gasteiger charge is -2.06. The fourth-order valence-electron chi connectivity index (χ4n) is 2.54. The van der Waals surface area contributed by atoms with Crippen LogP contribution in [0.4, 0.5) is 0 Å². The molecule has 0 radical (unpaired) electrons. The van der Waals surface area contributed by atoms with Gasteiger partial charge in [0.1, 0.15) is 5.52 Å². The minimum atomic E-state index is 0.562. The minimum Gasteiger partial charge on any atom is -0.480 e. The van der Waals surface area contributed by atoms with Crippen LogP contribution in [0.25, 0.3) is 21.4 Å². The summed E-state index contributed by atoms with van der Waals surface area (Å²) < 4.78 is 10.4. The van der Waals surface area contributed by atoms with Gasteiger partial charge in [-0.05, 0) is 45.9 Å². The molecule has 4 aromatic rings. The molecular formula is C16H13BrN4OS2. The van der Waals surface area contributed by atoms with E-state index < -0.39 is 0 Å². The van der Waals surface area contributed by atoms with Crippen molar-refractivity contribution in [1.29, 1.82) is 0 Å². The number of aromatic nitrogens is 4. The van der Waals surface area contributed by atoms with Crippen LogP contribution in [-0.4, -0.2) is 32.9 Å². The summed E-state index contributed by atoms with van der Waals surface area (Å²) in [6.07, 6.45) is 3.86. The van der Waals surface area contributed by atoms with Gasteiger partial charge in [0, 0.05) is 0 Å². The van der Waals surface area contributed by atoms with Gasteiger partial charge in [-0.15, -0.1) is 11.3 Å². The van der Waals surface area contributed by atoms with Crippen molar-refractivity contribution in [2.45, 2.75) is 10.9 Å². The lowest BCUT2D eigenvalue weighted by molar-refractivity contribution is 0.396. The van der Waals surface area contributed by atoms with Crippen LogP contribution < -0.4 is 4.74 Å². The number of thioether (sulfide) groups is 1. The molecule has 24 heavy (non-hydrogen) atoms. The molecule has 4 rings (SSSR count). The standard InChI is InChI=1S/C16H13BrN4OS2/c1-22-15-10(17)6-12-14(20-15)21(8-18-12)7-9-3-4-11-13(5-9)24-16(19-11)23-2/h3-6,8H,7H2,1-2H3. The highest BCUT2D eigenvalue weighted by Gasteiger charge is 2.11. The third kappa shape index (κ3) is 2.78. The number of hydrogen-bond donors (Lipinski definition) is 0. The third-order valence-electron chi connectivity index (χ3n) is 3.67. The van der Waals surface area contributed by atoms with E-state index >= 15 is 0 Å². The molecule has 0 spiro atoms. The van der Waals surface area contributed by atoms with Gasteiger partial charge in [0.05, 0.1) is 34.7 Å². The maximum Gasteiger partial charge on any atom is 0.229 e. The molecule has 0 unspecified atom stereocenters. The van der Waals surface area contributed by atoms with E-state index in [0.717, 1.165) is 25.5 Å². The van der Waals surface area contributed by atoms with E-state index in [9.17, 15) is 0 Å². The lowest BCUT2D eigenvalue weighted by atomic mass is 10.2. The van der Waals surface area contributed by atoms with Crippen LogP contribution in [0.15, 0.2) is 39.4 Å². The topological polar surface area (TPSA) is 52.8 Å². The number of fused-ring (bicyclic) bond motifs is 2. The number of halogens is 1. The predicted molar refractivity (Wildman–Crippen MR) is 102 cm³/mol. The largest absolute Gasteiger partial charge is 0.480 e. The highest BCUT2D eigenvalue weighted by Crippen LogP contribution is 2.30. The summed E-state index contributed by atoms with van der Waals surface area (Å²) in [4.78, 5) is 13.6. The molecule has 0 saturated carbocycles. The molecule has 3 aromatic heterocycles. The van der Waals surface area contributed by atoms with Crippen molar-refractivity contribution >= 4 is 60.4 Å². The highest BCUT2D eigenvalue weighted by molar-refractivity contribution is 9.10. The van der Waals surface area contributed by atoms with Gasteiger partial charge in [0.2, 0.25) is 5.88 Å². The first-order valence-corrected chi connectivity index (χ1v) is 10.00. The van der Waals surface area contributed by atoms with Crippen molar-refractivity contribution in [3.8, 4) is 5.88 Å². The normalized spacial score (nSPS) is 11.5. The Balaban J connectivity index is 1.73. The zero-order valence-corrected chi connectivity index (χ0v) is 16.2. The molecule has 1 aromatic carbocycles. The average molecular weight is 421 g/mol. The van der Waals surface area contributed by atoms with E-state index in [4.69, 9.17) is 4.74 Å². The summed E-state index contributed by atoms with van der Waals surface area (Å²) in [7, 11) is 1.61. The average Bonchev–Trinajstić information content (AvgIpc) is 3.17. The highest BCUT2D eigenvalue weighted by atomic mass is 79.9. The van der Waals surface area contributed by atoms with Crippen molar-refractivity contribution in [2.75, 3.05) is 13.4 Å².